The standard InChI is InChI=1S/C20H17ClO5/c1-2-26-19(25)20(11-16(22)12-7-9-13(21)10-8-12)17(23)14-5-3-4-6-15(14)18(20)24/h3-10,17,23H,2,11H2,1H3/t17-,20-/m0/s1. The zero-order valence-electron chi connectivity index (χ0n) is 14.1. The fourth-order valence-corrected chi connectivity index (χ4v) is 3.40. The van der Waals surface area contributed by atoms with Gasteiger partial charge < -0.3 is 9.84 Å². The molecule has 2 atom stereocenters. The van der Waals surface area contributed by atoms with Gasteiger partial charge in [-0.3, -0.25) is 14.4 Å². The molecule has 2 aromatic carbocycles. The zero-order valence-corrected chi connectivity index (χ0v) is 14.8. The van der Waals surface area contributed by atoms with Crippen LogP contribution in [0.15, 0.2) is 48.5 Å². The second-order valence-electron chi connectivity index (χ2n) is 6.12. The molecule has 0 bridgehead atoms. The molecule has 0 amide bonds. The number of aliphatic hydroxyl groups is 1. The van der Waals surface area contributed by atoms with Gasteiger partial charge in [0.2, 0.25) is 0 Å². The fraction of sp³-hybridized carbons (Fsp3) is 0.250. The number of rotatable bonds is 5. The first-order valence-corrected chi connectivity index (χ1v) is 8.57. The van der Waals surface area contributed by atoms with Crippen LogP contribution in [-0.2, 0) is 9.53 Å². The van der Waals surface area contributed by atoms with E-state index in [-0.39, 0.29) is 12.2 Å². The Morgan fingerprint density at radius 1 is 1.15 bits per heavy atom. The second kappa shape index (κ2) is 7.02. The van der Waals surface area contributed by atoms with Crippen LogP contribution < -0.4 is 0 Å². The zero-order chi connectivity index (χ0) is 18.9. The van der Waals surface area contributed by atoms with E-state index in [2.05, 4.69) is 0 Å². The summed E-state index contributed by atoms with van der Waals surface area (Å²) >= 11 is 5.83. The highest BCUT2D eigenvalue weighted by Crippen LogP contribution is 2.49. The van der Waals surface area contributed by atoms with Gasteiger partial charge in [-0.15, -0.1) is 0 Å². The number of halogens is 1. The predicted octanol–water partition coefficient (Wildman–Crippen LogP) is 3.39. The molecule has 0 saturated heterocycles. The molecule has 0 unspecified atom stereocenters. The van der Waals surface area contributed by atoms with Gasteiger partial charge in [-0.25, -0.2) is 0 Å². The molecule has 3 rings (SSSR count). The van der Waals surface area contributed by atoms with Gasteiger partial charge in [0.1, 0.15) is 6.10 Å². The molecule has 134 valence electrons. The van der Waals surface area contributed by atoms with Gasteiger partial charge in [-0.1, -0.05) is 35.9 Å². The molecule has 5 nitrogen and oxygen atoms in total. The van der Waals surface area contributed by atoms with E-state index in [0.29, 0.717) is 16.1 Å². The molecule has 1 aliphatic rings. The molecule has 2 aromatic rings. The number of Topliss-reactive ketones (excluding diaryl/α,β-unsaturated/α-hetero) is 2. The fourth-order valence-electron chi connectivity index (χ4n) is 3.28. The first-order chi connectivity index (χ1) is 12.4. The van der Waals surface area contributed by atoms with Crippen LogP contribution in [-0.4, -0.2) is 29.2 Å². The van der Waals surface area contributed by atoms with E-state index in [0.717, 1.165) is 0 Å². The van der Waals surface area contributed by atoms with Gasteiger partial charge >= 0.3 is 5.97 Å². The highest BCUT2D eigenvalue weighted by Gasteiger charge is 2.60. The van der Waals surface area contributed by atoms with Crippen molar-refractivity contribution in [2.45, 2.75) is 19.4 Å². The molecule has 0 saturated carbocycles. The van der Waals surface area contributed by atoms with Gasteiger partial charge in [-0.2, -0.15) is 0 Å². The van der Waals surface area contributed by atoms with E-state index in [1.165, 1.54) is 18.2 Å². The Morgan fingerprint density at radius 3 is 2.42 bits per heavy atom. The first kappa shape index (κ1) is 18.3. The van der Waals surface area contributed by atoms with E-state index < -0.39 is 35.5 Å². The van der Waals surface area contributed by atoms with Crippen molar-refractivity contribution < 1.29 is 24.2 Å². The molecular weight excluding hydrogens is 356 g/mol. The maximum absolute atomic E-state index is 13.0. The van der Waals surface area contributed by atoms with Crippen molar-refractivity contribution in [1.82, 2.24) is 0 Å². The number of carbonyl (C=O) groups excluding carboxylic acids is 3. The summed E-state index contributed by atoms with van der Waals surface area (Å²) in [6.45, 7) is 1.64. The smallest absolute Gasteiger partial charge is 0.323 e. The molecule has 0 spiro atoms. The van der Waals surface area contributed by atoms with Crippen LogP contribution in [0, 0.1) is 5.41 Å². The minimum Gasteiger partial charge on any atom is -0.465 e. The normalized spacial score (nSPS) is 21.3. The summed E-state index contributed by atoms with van der Waals surface area (Å²) in [6.07, 6.45) is -1.93. The summed E-state index contributed by atoms with van der Waals surface area (Å²) in [6, 6.07) is 12.6. The predicted molar refractivity (Wildman–Crippen MR) is 95.2 cm³/mol. The van der Waals surface area contributed by atoms with Crippen LogP contribution in [0.2, 0.25) is 5.02 Å². The van der Waals surface area contributed by atoms with Gasteiger partial charge in [0, 0.05) is 22.6 Å². The maximum Gasteiger partial charge on any atom is 0.323 e. The molecule has 26 heavy (non-hydrogen) atoms. The Labute approximate surface area is 155 Å². The van der Waals surface area contributed by atoms with Crippen LogP contribution in [0.1, 0.15) is 45.7 Å². The largest absolute Gasteiger partial charge is 0.465 e. The number of esters is 1. The molecule has 0 heterocycles. The lowest BCUT2D eigenvalue weighted by Gasteiger charge is -2.28. The highest BCUT2D eigenvalue weighted by molar-refractivity contribution is 6.30. The van der Waals surface area contributed by atoms with Crippen molar-refractivity contribution >= 4 is 29.1 Å². The molecule has 0 aliphatic heterocycles. The third-order valence-electron chi connectivity index (χ3n) is 4.62. The number of benzene rings is 2. The van der Waals surface area contributed by atoms with Gasteiger partial charge in [0.15, 0.2) is 17.0 Å². The summed E-state index contributed by atoms with van der Waals surface area (Å²) in [7, 11) is 0. The minimum atomic E-state index is -1.98. The number of ketones is 2. The average molecular weight is 373 g/mol. The maximum atomic E-state index is 13.0. The molecule has 1 aliphatic carbocycles. The lowest BCUT2D eigenvalue weighted by atomic mass is 9.76. The van der Waals surface area contributed by atoms with Crippen molar-refractivity contribution in [3.8, 4) is 0 Å². The Hall–Kier alpha value is -2.50. The molecule has 0 aromatic heterocycles. The van der Waals surface area contributed by atoms with E-state index in [9.17, 15) is 19.5 Å². The van der Waals surface area contributed by atoms with Crippen molar-refractivity contribution in [3.63, 3.8) is 0 Å². The third kappa shape index (κ3) is 2.83. The highest BCUT2D eigenvalue weighted by atomic mass is 35.5. The van der Waals surface area contributed by atoms with Crippen molar-refractivity contribution in [3.05, 3.63) is 70.2 Å². The Bertz CT molecular complexity index is 874. The molecule has 0 radical (unpaired) electrons. The average Bonchev–Trinajstić information content (AvgIpc) is 2.85. The Balaban J connectivity index is 2.04. The summed E-state index contributed by atoms with van der Waals surface area (Å²) in [5, 5.41) is 11.3. The monoisotopic (exact) mass is 372 g/mol. The lowest BCUT2D eigenvalue weighted by Crippen LogP contribution is -2.43. The van der Waals surface area contributed by atoms with Crippen LogP contribution in [0.25, 0.3) is 0 Å². The SMILES string of the molecule is CCOC(=O)[C@]1(CC(=O)c2ccc(Cl)cc2)C(=O)c2ccccc2[C@@H]1O. The van der Waals surface area contributed by atoms with Crippen molar-refractivity contribution in [2.75, 3.05) is 6.61 Å². The number of ether oxygens (including phenoxy) is 1. The summed E-state index contributed by atoms with van der Waals surface area (Å²) < 4.78 is 5.06. The van der Waals surface area contributed by atoms with E-state index >= 15 is 0 Å². The quantitative estimate of drug-likeness (QED) is 0.494. The van der Waals surface area contributed by atoms with Crippen LogP contribution >= 0.6 is 11.6 Å². The summed E-state index contributed by atoms with van der Waals surface area (Å²) in [5.74, 6) is -1.94. The molecule has 6 heteroatoms. The Kier molecular flexibility index (Phi) is 4.94. The van der Waals surface area contributed by atoms with E-state index in [1.807, 2.05) is 0 Å². The first-order valence-electron chi connectivity index (χ1n) is 8.19. The van der Waals surface area contributed by atoms with Gasteiger partial charge in [-0.05, 0) is 36.8 Å². The molecule has 1 N–H and O–H groups in total. The minimum absolute atomic E-state index is 0.0338. The third-order valence-corrected chi connectivity index (χ3v) is 4.87. The van der Waals surface area contributed by atoms with Gasteiger partial charge in [0.25, 0.3) is 0 Å². The number of hydrogen-bond donors (Lipinski definition) is 1. The topological polar surface area (TPSA) is 80.7 Å². The molecular formula is C20H17ClO5. The number of hydrogen-bond acceptors (Lipinski definition) is 5. The van der Waals surface area contributed by atoms with E-state index in [4.69, 9.17) is 16.3 Å². The number of fused-ring (bicyclic) bond motifs is 1. The Morgan fingerprint density at radius 2 is 1.81 bits per heavy atom. The lowest BCUT2D eigenvalue weighted by molar-refractivity contribution is -0.157. The summed E-state index contributed by atoms with van der Waals surface area (Å²) in [4.78, 5) is 38.5. The van der Waals surface area contributed by atoms with Crippen molar-refractivity contribution in [2.24, 2.45) is 5.41 Å². The van der Waals surface area contributed by atoms with Gasteiger partial charge in [0.05, 0.1) is 6.61 Å². The van der Waals surface area contributed by atoms with Crippen LogP contribution in [0.3, 0.4) is 0 Å². The van der Waals surface area contributed by atoms with Crippen molar-refractivity contribution in [1.29, 1.82) is 0 Å². The van der Waals surface area contributed by atoms with Crippen LogP contribution in [0.5, 0.6) is 0 Å². The molecule has 0 fully saturated rings. The number of carbonyl (C=O) groups is 3. The number of aliphatic hydroxyl groups excluding tert-OH is 1. The van der Waals surface area contributed by atoms with Crippen LogP contribution in [0.4, 0.5) is 0 Å². The second-order valence-corrected chi connectivity index (χ2v) is 6.55. The summed E-state index contributed by atoms with van der Waals surface area (Å²) in [5.41, 5.74) is -1.11. The van der Waals surface area contributed by atoms with E-state index in [1.54, 1.807) is 37.3 Å².